The lowest BCUT2D eigenvalue weighted by Crippen LogP contribution is -2.46. The first-order valence-electron chi connectivity index (χ1n) is 9.25. The highest BCUT2D eigenvalue weighted by Gasteiger charge is 2.34. The number of nitrogens with zero attached hydrogens (tertiary/aromatic N) is 3. The van der Waals surface area contributed by atoms with Gasteiger partial charge in [-0.3, -0.25) is 4.79 Å². The molecule has 1 rings (SSSR count). The van der Waals surface area contributed by atoms with Gasteiger partial charge in [0.2, 0.25) is 5.91 Å². The highest BCUT2D eigenvalue weighted by molar-refractivity contribution is 14.0. The Kier molecular flexibility index (Phi) is 12.4. The summed E-state index contributed by atoms with van der Waals surface area (Å²) in [6, 6.07) is 0. The molecule has 0 aromatic carbocycles. The Hall–Kier alpha value is -0.570. The fourth-order valence-electron chi connectivity index (χ4n) is 3.30. The second-order valence-electron chi connectivity index (χ2n) is 7.53. The summed E-state index contributed by atoms with van der Waals surface area (Å²) in [6.07, 6.45) is 7.38. The smallest absolute Gasteiger partial charge is 0.243 e. The topological polar surface area (TPSA) is 60.0 Å². The molecule has 1 saturated carbocycles. The van der Waals surface area contributed by atoms with Crippen molar-refractivity contribution < 1.29 is 4.79 Å². The van der Waals surface area contributed by atoms with E-state index in [4.69, 9.17) is 0 Å². The van der Waals surface area contributed by atoms with Gasteiger partial charge in [-0.25, -0.2) is 4.99 Å². The largest absolute Gasteiger partial charge is 0.356 e. The zero-order valence-electron chi connectivity index (χ0n) is 16.7. The highest BCUT2D eigenvalue weighted by atomic mass is 127. The predicted octanol–water partition coefficient (Wildman–Crippen LogP) is 2.15. The third kappa shape index (κ3) is 9.63. The number of likely N-dealkylation sites (N-methyl/N-ethyl adjacent to an activating group) is 1. The van der Waals surface area contributed by atoms with Crippen LogP contribution in [0.15, 0.2) is 4.99 Å². The number of carbonyl (C=O) groups excluding carboxylic acids is 1. The number of hydrogen-bond donors (Lipinski definition) is 2. The zero-order valence-corrected chi connectivity index (χ0v) is 19.1. The summed E-state index contributed by atoms with van der Waals surface area (Å²) >= 11 is 0. The van der Waals surface area contributed by atoms with Crippen molar-refractivity contribution in [3.63, 3.8) is 0 Å². The van der Waals surface area contributed by atoms with Crippen molar-refractivity contribution in [2.24, 2.45) is 10.4 Å². The molecule has 1 amide bonds. The van der Waals surface area contributed by atoms with Crippen LogP contribution in [0.2, 0.25) is 0 Å². The van der Waals surface area contributed by atoms with Crippen molar-refractivity contribution in [1.82, 2.24) is 20.4 Å². The Morgan fingerprint density at radius 3 is 2.28 bits per heavy atom. The Balaban J connectivity index is 0.00000576. The quantitative estimate of drug-likeness (QED) is 0.236. The fourth-order valence-corrected chi connectivity index (χ4v) is 3.30. The molecule has 0 aliphatic heterocycles. The maximum absolute atomic E-state index is 11.8. The number of amides is 1. The molecular formula is C18H38IN5O. The summed E-state index contributed by atoms with van der Waals surface area (Å²) in [5.41, 5.74) is 0.322. The monoisotopic (exact) mass is 467 g/mol. The standard InChI is InChI=1S/C18H37N5O.HI/c1-6-7-12-19-17(20-13-16(24)23(4)5)21-14-18(15-22(2)3)10-8-9-11-18;/h6-15H2,1-5H3,(H2,19,20,21);1H. The number of nitrogens with one attached hydrogen (secondary N) is 2. The lowest BCUT2D eigenvalue weighted by atomic mass is 9.85. The Bertz CT molecular complexity index is 406. The van der Waals surface area contributed by atoms with Crippen molar-refractivity contribution >= 4 is 35.8 Å². The van der Waals surface area contributed by atoms with Gasteiger partial charge >= 0.3 is 0 Å². The summed E-state index contributed by atoms with van der Waals surface area (Å²) in [6.45, 7) is 5.26. The van der Waals surface area contributed by atoms with Crippen LogP contribution in [-0.4, -0.2) is 76.0 Å². The second kappa shape index (κ2) is 12.7. The molecule has 1 fully saturated rings. The molecule has 0 unspecified atom stereocenters. The number of aliphatic imine (C=N–C) groups is 1. The Labute approximate surface area is 171 Å². The minimum Gasteiger partial charge on any atom is -0.356 e. The summed E-state index contributed by atoms with van der Waals surface area (Å²) in [5, 5.41) is 6.87. The van der Waals surface area contributed by atoms with E-state index in [-0.39, 0.29) is 36.4 Å². The van der Waals surface area contributed by atoms with Crippen LogP contribution < -0.4 is 10.6 Å². The van der Waals surface area contributed by atoms with Gasteiger partial charge in [0.1, 0.15) is 6.54 Å². The van der Waals surface area contributed by atoms with E-state index < -0.39 is 0 Å². The molecule has 0 saturated heterocycles. The molecule has 0 atom stereocenters. The fraction of sp³-hybridized carbons (Fsp3) is 0.889. The maximum Gasteiger partial charge on any atom is 0.243 e. The van der Waals surface area contributed by atoms with Crippen LogP contribution in [0, 0.1) is 5.41 Å². The van der Waals surface area contributed by atoms with Crippen molar-refractivity contribution in [2.45, 2.75) is 45.4 Å². The number of guanidine groups is 1. The molecule has 6 nitrogen and oxygen atoms in total. The molecule has 0 bridgehead atoms. The summed E-state index contributed by atoms with van der Waals surface area (Å²) in [4.78, 5) is 20.1. The molecule has 2 N–H and O–H groups in total. The highest BCUT2D eigenvalue weighted by Crippen LogP contribution is 2.37. The maximum atomic E-state index is 11.8. The van der Waals surface area contributed by atoms with E-state index in [9.17, 15) is 4.79 Å². The predicted molar refractivity (Wildman–Crippen MR) is 117 cm³/mol. The summed E-state index contributed by atoms with van der Waals surface area (Å²) in [7, 11) is 7.81. The van der Waals surface area contributed by atoms with Crippen LogP contribution in [0.3, 0.4) is 0 Å². The SMILES string of the molecule is CCCCNC(=NCC(=O)N(C)C)NCC1(CN(C)C)CCCC1.I. The average Bonchev–Trinajstić information content (AvgIpc) is 2.97. The third-order valence-corrected chi connectivity index (χ3v) is 4.64. The number of carbonyl (C=O) groups is 1. The van der Waals surface area contributed by atoms with Gasteiger partial charge in [0.25, 0.3) is 0 Å². The van der Waals surface area contributed by atoms with Gasteiger partial charge < -0.3 is 20.4 Å². The Morgan fingerprint density at radius 1 is 1.12 bits per heavy atom. The third-order valence-electron chi connectivity index (χ3n) is 4.64. The van der Waals surface area contributed by atoms with E-state index in [1.54, 1.807) is 19.0 Å². The van der Waals surface area contributed by atoms with Gasteiger partial charge in [-0.2, -0.15) is 0 Å². The van der Waals surface area contributed by atoms with Crippen molar-refractivity contribution in [2.75, 3.05) is 54.4 Å². The minimum absolute atomic E-state index is 0. The van der Waals surface area contributed by atoms with Crippen LogP contribution in [0.4, 0.5) is 0 Å². The van der Waals surface area contributed by atoms with Crippen molar-refractivity contribution in [3.8, 4) is 0 Å². The van der Waals surface area contributed by atoms with Gasteiger partial charge in [-0.05, 0) is 33.4 Å². The van der Waals surface area contributed by atoms with E-state index >= 15 is 0 Å². The Morgan fingerprint density at radius 2 is 1.76 bits per heavy atom. The van der Waals surface area contributed by atoms with E-state index in [0.29, 0.717) is 5.41 Å². The van der Waals surface area contributed by atoms with Crippen LogP contribution in [-0.2, 0) is 4.79 Å². The van der Waals surface area contributed by atoms with Gasteiger partial charge in [-0.15, -0.1) is 24.0 Å². The first-order chi connectivity index (χ1) is 11.4. The molecule has 1 aliphatic rings. The molecule has 0 radical (unpaired) electrons. The molecule has 0 aromatic heterocycles. The van der Waals surface area contributed by atoms with E-state index in [1.807, 2.05) is 0 Å². The van der Waals surface area contributed by atoms with E-state index in [0.717, 1.165) is 38.4 Å². The number of unbranched alkanes of at least 4 members (excludes halogenated alkanes) is 1. The van der Waals surface area contributed by atoms with Crippen molar-refractivity contribution in [1.29, 1.82) is 0 Å². The summed E-state index contributed by atoms with van der Waals surface area (Å²) < 4.78 is 0. The van der Waals surface area contributed by atoms with E-state index in [1.165, 1.54) is 25.7 Å². The van der Waals surface area contributed by atoms with Crippen LogP contribution in [0.1, 0.15) is 45.4 Å². The molecule has 1 aliphatic carbocycles. The van der Waals surface area contributed by atoms with Crippen LogP contribution in [0.25, 0.3) is 0 Å². The number of halogens is 1. The van der Waals surface area contributed by atoms with Gasteiger partial charge in [0.15, 0.2) is 5.96 Å². The van der Waals surface area contributed by atoms with Crippen molar-refractivity contribution in [3.05, 3.63) is 0 Å². The van der Waals surface area contributed by atoms with Gasteiger partial charge in [0, 0.05) is 39.1 Å². The molecule has 7 heteroatoms. The molecule has 0 heterocycles. The molecule has 0 aromatic rings. The minimum atomic E-state index is 0. The lowest BCUT2D eigenvalue weighted by molar-refractivity contribution is -0.127. The first kappa shape index (κ1) is 24.4. The summed E-state index contributed by atoms with van der Waals surface area (Å²) in [5.74, 6) is 0.791. The average molecular weight is 467 g/mol. The lowest BCUT2D eigenvalue weighted by Gasteiger charge is -2.33. The van der Waals surface area contributed by atoms with Crippen LogP contribution >= 0.6 is 24.0 Å². The zero-order chi connectivity index (χ0) is 18.0. The van der Waals surface area contributed by atoms with Crippen LogP contribution in [0.5, 0.6) is 0 Å². The second-order valence-corrected chi connectivity index (χ2v) is 7.53. The normalized spacial score (nSPS) is 16.5. The van der Waals surface area contributed by atoms with Gasteiger partial charge in [-0.1, -0.05) is 26.2 Å². The van der Waals surface area contributed by atoms with E-state index in [2.05, 4.69) is 41.5 Å². The number of rotatable bonds is 9. The molecule has 148 valence electrons. The van der Waals surface area contributed by atoms with Gasteiger partial charge in [0.05, 0.1) is 0 Å². The first-order valence-corrected chi connectivity index (χ1v) is 9.25. The number of hydrogen-bond acceptors (Lipinski definition) is 3. The molecular weight excluding hydrogens is 429 g/mol. The molecule has 0 spiro atoms. The molecule has 25 heavy (non-hydrogen) atoms.